The summed E-state index contributed by atoms with van der Waals surface area (Å²) in [6.45, 7) is 2.69. The molecule has 0 saturated carbocycles. The average molecular weight is 352 g/mol. The van der Waals surface area contributed by atoms with Crippen LogP contribution in [0.2, 0.25) is 0 Å². The van der Waals surface area contributed by atoms with Gasteiger partial charge in [-0.2, -0.15) is 5.10 Å². The van der Waals surface area contributed by atoms with Gasteiger partial charge in [0.25, 0.3) is 5.56 Å². The van der Waals surface area contributed by atoms with Crippen molar-refractivity contribution >= 4 is 21.6 Å². The van der Waals surface area contributed by atoms with Gasteiger partial charge in [0.2, 0.25) is 0 Å². The molecule has 0 spiro atoms. The van der Waals surface area contributed by atoms with Crippen molar-refractivity contribution in [3.8, 4) is 5.75 Å². The second-order valence-corrected chi connectivity index (χ2v) is 5.73. The minimum atomic E-state index is -0.148. The summed E-state index contributed by atoms with van der Waals surface area (Å²) in [6, 6.07) is 6.05. The maximum atomic E-state index is 11.9. The molecule has 0 fully saturated rings. The number of hydrogen-bond acceptors (Lipinski definition) is 4. The molecule has 2 aromatic rings. The molecule has 112 valence electrons. The maximum absolute atomic E-state index is 11.9. The lowest BCUT2D eigenvalue weighted by atomic mass is 10.1. The van der Waals surface area contributed by atoms with Crippen LogP contribution in [0.4, 0.5) is 5.69 Å². The molecule has 0 aliphatic rings. The zero-order chi connectivity index (χ0) is 15.6. The van der Waals surface area contributed by atoms with Gasteiger partial charge in [-0.3, -0.25) is 4.79 Å². The molecule has 0 radical (unpaired) electrons. The lowest BCUT2D eigenvalue weighted by Gasteiger charge is -2.21. The number of ether oxygens (including phenoxy) is 1. The maximum Gasteiger partial charge on any atom is 0.282 e. The van der Waals surface area contributed by atoms with Gasteiger partial charge in [0, 0.05) is 20.6 Å². The van der Waals surface area contributed by atoms with E-state index in [2.05, 4.69) is 27.1 Å². The SMILES string of the molecule is COc1ccc(CN(C)c2cnn(C)c(=O)c2Br)cc1C. The molecule has 1 heterocycles. The predicted molar refractivity (Wildman–Crippen MR) is 87.0 cm³/mol. The smallest absolute Gasteiger partial charge is 0.282 e. The molecule has 0 saturated heterocycles. The van der Waals surface area contributed by atoms with Crippen molar-refractivity contribution in [2.75, 3.05) is 19.1 Å². The van der Waals surface area contributed by atoms with E-state index in [1.54, 1.807) is 20.4 Å². The first kappa shape index (κ1) is 15.6. The lowest BCUT2D eigenvalue weighted by molar-refractivity contribution is 0.411. The Hall–Kier alpha value is -1.82. The van der Waals surface area contributed by atoms with Crippen LogP contribution in [0.1, 0.15) is 11.1 Å². The molecule has 0 unspecified atom stereocenters. The highest BCUT2D eigenvalue weighted by atomic mass is 79.9. The van der Waals surface area contributed by atoms with Gasteiger partial charge in [-0.1, -0.05) is 12.1 Å². The first-order chi connectivity index (χ1) is 9.93. The van der Waals surface area contributed by atoms with Gasteiger partial charge in [-0.15, -0.1) is 0 Å². The van der Waals surface area contributed by atoms with Crippen LogP contribution in [0, 0.1) is 6.92 Å². The van der Waals surface area contributed by atoms with Crippen LogP contribution in [-0.4, -0.2) is 23.9 Å². The largest absolute Gasteiger partial charge is 0.496 e. The molecule has 1 aromatic carbocycles. The number of benzene rings is 1. The van der Waals surface area contributed by atoms with Crippen molar-refractivity contribution in [1.82, 2.24) is 9.78 Å². The van der Waals surface area contributed by atoms with E-state index in [4.69, 9.17) is 4.74 Å². The molecule has 0 aliphatic carbocycles. The first-order valence-corrected chi connectivity index (χ1v) is 7.29. The summed E-state index contributed by atoms with van der Waals surface area (Å²) in [4.78, 5) is 13.9. The number of aromatic nitrogens is 2. The summed E-state index contributed by atoms with van der Waals surface area (Å²) in [5, 5.41) is 4.06. The molecule has 0 N–H and O–H groups in total. The third kappa shape index (κ3) is 3.26. The van der Waals surface area contributed by atoms with Crippen LogP contribution < -0.4 is 15.2 Å². The van der Waals surface area contributed by atoms with E-state index in [1.165, 1.54) is 4.68 Å². The summed E-state index contributed by atoms with van der Waals surface area (Å²) in [6.07, 6.45) is 1.68. The summed E-state index contributed by atoms with van der Waals surface area (Å²) in [5.74, 6) is 0.873. The quantitative estimate of drug-likeness (QED) is 0.848. The molecule has 0 aliphatic heterocycles. The van der Waals surface area contributed by atoms with E-state index in [9.17, 15) is 4.79 Å². The first-order valence-electron chi connectivity index (χ1n) is 6.50. The Balaban J connectivity index is 2.26. The highest BCUT2D eigenvalue weighted by molar-refractivity contribution is 9.10. The van der Waals surface area contributed by atoms with E-state index >= 15 is 0 Å². The average Bonchev–Trinajstić information content (AvgIpc) is 2.45. The van der Waals surface area contributed by atoms with Crippen LogP contribution in [0.3, 0.4) is 0 Å². The Morgan fingerprint density at radius 1 is 1.43 bits per heavy atom. The third-order valence-corrected chi connectivity index (χ3v) is 4.10. The Bertz CT molecular complexity index is 713. The van der Waals surface area contributed by atoms with E-state index in [1.807, 2.05) is 31.0 Å². The van der Waals surface area contributed by atoms with Crippen molar-refractivity contribution in [2.24, 2.45) is 7.05 Å². The van der Waals surface area contributed by atoms with E-state index in [0.29, 0.717) is 11.0 Å². The Labute approximate surface area is 132 Å². The molecule has 0 amide bonds. The third-order valence-electron chi connectivity index (χ3n) is 3.35. The fraction of sp³-hybridized carbons (Fsp3) is 0.333. The minimum absolute atomic E-state index is 0.148. The topological polar surface area (TPSA) is 47.4 Å². The highest BCUT2D eigenvalue weighted by Crippen LogP contribution is 2.24. The standard InChI is InChI=1S/C15H18BrN3O2/c1-10-7-11(5-6-13(10)21-4)9-18(2)12-8-17-19(3)15(20)14(12)16/h5-8H,9H2,1-4H3. The zero-order valence-corrected chi connectivity index (χ0v) is 14.1. The molecule has 0 bridgehead atoms. The summed E-state index contributed by atoms with van der Waals surface area (Å²) in [5.41, 5.74) is 2.85. The molecule has 6 heteroatoms. The van der Waals surface area contributed by atoms with Crippen LogP contribution >= 0.6 is 15.9 Å². The van der Waals surface area contributed by atoms with E-state index in [-0.39, 0.29) is 5.56 Å². The van der Waals surface area contributed by atoms with Gasteiger partial charge in [-0.25, -0.2) is 4.68 Å². The van der Waals surface area contributed by atoms with Crippen LogP contribution in [0.15, 0.2) is 33.7 Å². The number of aryl methyl sites for hydroxylation is 2. The molecule has 0 atom stereocenters. The van der Waals surface area contributed by atoms with Gasteiger partial charge in [-0.05, 0) is 40.0 Å². The number of methoxy groups -OCH3 is 1. The predicted octanol–water partition coefficient (Wildman–Crippen LogP) is 2.50. The van der Waals surface area contributed by atoms with Gasteiger partial charge < -0.3 is 9.64 Å². The summed E-state index contributed by atoms with van der Waals surface area (Å²) < 4.78 is 7.09. The Morgan fingerprint density at radius 2 is 2.14 bits per heavy atom. The fourth-order valence-electron chi connectivity index (χ4n) is 2.17. The Kier molecular flexibility index (Phi) is 4.67. The molecule has 5 nitrogen and oxygen atoms in total. The highest BCUT2D eigenvalue weighted by Gasteiger charge is 2.12. The van der Waals surface area contributed by atoms with Crippen LogP contribution in [-0.2, 0) is 13.6 Å². The number of anilines is 1. The molecule has 1 aromatic heterocycles. The number of rotatable bonds is 4. The van der Waals surface area contributed by atoms with Crippen molar-refractivity contribution in [3.05, 3.63) is 50.3 Å². The van der Waals surface area contributed by atoms with E-state index in [0.717, 1.165) is 22.6 Å². The molecular weight excluding hydrogens is 334 g/mol. The second kappa shape index (κ2) is 6.30. The normalized spacial score (nSPS) is 10.5. The number of nitrogens with zero attached hydrogens (tertiary/aromatic N) is 3. The monoisotopic (exact) mass is 351 g/mol. The molecule has 21 heavy (non-hydrogen) atoms. The fourth-order valence-corrected chi connectivity index (χ4v) is 2.83. The zero-order valence-electron chi connectivity index (χ0n) is 12.6. The van der Waals surface area contributed by atoms with E-state index < -0.39 is 0 Å². The van der Waals surface area contributed by atoms with Crippen molar-refractivity contribution < 1.29 is 4.74 Å². The van der Waals surface area contributed by atoms with Gasteiger partial charge in [0.1, 0.15) is 10.2 Å². The van der Waals surface area contributed by atoms with Crippen molar-refractivity contribution in [2.45, 2.75) is 13.5 Å². The van der Waals surface area contributed by atoms with Gasteiger partial charge in [0.15, 0.2) is 0 Å². The lowest BCUT2D eigenvalue weighted by Crippen LogP contribution is -2.25. The Morgan fingerprint density at radius 3 is 2.76 bits per heavy atom. The summed E-state index contributed by atoms with van der Waals surface area (Å²) in [7, 11) is 5.22. The summed E-state index contributed by atoms with van der Waals surface area (Å²) >= 11 is 3.35. The van der Waals surface area contributed by atoms with Crippen LogP contribution in [0.25, 0.3) is 0 Å². The number of hydrogen-bond donors (Lipinski definition) is 0. The van der Waals surface area contributed by atoms with Crippen LogP contribution in [0.5, 0.6) is 5.75 Å². The van der Waals surface area contributed by atoms with Gasteiger partial charge >= 0.3 is 0 Å². The van der Waals surface area contributed by atoms with Crippen molar-refractivity contribution in [1.29, 1.82) is 0 Å². The molecular formula is C15H18BrN3O2. The number of halogens is 1. The molecule has 2 rings (SSSR count). The van der Waals surface area contributed by atoms with Gasteiger partial charge in [0.05, 0.1) is 19.0 Å². The second-order valence-electron chi connectivity index (χ2n) is 4.93. The minimum Gasteiger partial charge on any atom is -0.496 e. The van der Waals surface area contributed by atoms with Crippen molar-refractivity contribution in [3.63, 3.8) is 0 Å².